The summed E-state index contributed by atoms with van der Waals surface area (Å²) in [6.07, 6.45) is 2.53. The summed E-state index contributed by atoms with van der Waals surface area (Å²) in [6, 6.07) is 4.23. The summed E-state index contributed by atoms with van der Waals surface area (Å²) in [5.74, 6) is -5.17. The third-order valence-electron chi connectivity index (χ3n) is 7.93. The molecule has 2 aliphatic carbocycles. The number of nitrogens with zero attached hydrogens (tertiary/aromatic N) is 2. The Hall–Kier alpha value is 3.18. The molecule has 333 valence electrons. The number of anilines is 3. The molecule has 0 aliphatic heterocycles. The van der Waals surface area contributed by atoms with E-state index < -0.39 is 149 Å². The standard InChI is InChI=1S/C28H23N5O21S6.Cu.5K/c29-24-20(57(42,43)44)11-19(56(39,40)41)16-3-4-17(28(36)23(16)24)31-30-13-1-2-15-12(7-13)8-21(58(45,46)47)25(26(15)34)33-32-18-9-14(10-22(27(18)35)59(48,49)50)55(37,38)6-5-54-60(51,52)53;;;;;;/h1-4,7-11,30,32,35H,5-6,29H2,(H,39,40,41)(H,42,43,44)(H,45,46,47)(H,48,49,50)(H,51,52,53);;;;;;/q;;5*+1/b31-17+,33-25?;;;;;;. The second kappa shape index (κ2) is 27.3. The smallest absolute Gasteiger partial charge is 0.504 e. The van der Waals surface area contributed by atoms with Crippen molar-refractivity contribution in [2.75, 3.05) is 28.9 Å². The molecule has 0 bridgehead atoms. The minimum atomic E-state index is -5.45. The van der Waals surface area contributed by atoms with Gasteiger partial charge < -0.3 is 10.8 Å². The van der Waals surface area contributed by atoms with Crippen molar-refractivity contribution in [3.05, 3.63) is 69.6 Å². The topological polar surface area (TPSA) is 444 Å². The fraction of sp³-hybridized carbons (Fsp3) is 0.0714. The quantitative estimate of drug-likeness (QED) is 0.0252. The number of sulfone groups is 1. The minimum Gasteiger partial charge on any atom is -0.504 e. The Morgan fingerprint density at radius 1 is 0.652 bits per heavy atom. The number of phenols is 1. The van der Waals surface area contributed by atoms with Crippen LogP contribution in [-0.2, 0) is 82.0 Å². The first-order valence-electron chi connectivity index (χ1n) is 15.2. The van der Waals surface area contributed by atoms with Crippen molar-refractivity contribution in [1.29, 1.82) is 0 Å². The summed E-state index contributed by atoms with van der Waals surface area (Å²) in [7, 11) is -31.2. The van der Waals surface area contributed by atoms with E-state index in [1.54, 1.807) is 0 Å². The number of allylic oxidation sites excluding steroid dienone is 2. The van der Waals surface area contributed by atoms with Crippen molar-refractivity contribution >= 4 is 113 Å². The van der Waals surface area contributed by atoms with Crippen molar-refractivity contribution in [3.63, 3.8) is 0 Å². The van der Waals surface area contributed by atoms with Crippen molar-refractivity contribution in [3.8, 4) is 5.75 Å². The number of fused-ring (bicyclic) bond motifs is 2. The first kappa shape index (κ1) is 71.3. The van der Waals surface area contributed by atoms with Gasteiger partial charge in [-0.2, -0.15) is 52.3 Å². The van der Waals surface area contributed by atoms with Crippen molar-refractivity contribution in [2.45, 2.75) is 19.6 Å². The molecule has 66 heavy (non-hydrogen) atoms. The number of hydrazone groups is 2. The van der Waals surface area contributed by atoms with Gasteiger partial charge in [-0.15, -0.1) is 0 Å². The van der Waals surface area contributed by atoms with Gasteiger partial charge in [0, 0.05) is 28.2 Å². The van der Waals surface area contributed by atoms with Crippen LogP contribution in [0.2, 0.25) is 0 Å². The van der Waals surface area contributed by atoms with Crippen LogP contribution in [-0.4, -0.2) is 114 Å². The van der Waals surface area contributed by atoms with Gasteiger partial charge in [-0.3, -0.25) is 43.2 Å². The number of nitrogens with two attached hydrogens (primary N) is 1. The maximum atomic E-state index is 13.5. The Labute approximate surface area is 598 Å². The number of benzene rings is 3. The fourth-order valence-corrected chi connectivity index (χ4v) is 9.65. The summed E-state index contributed by atoms with van der Waals surface area (Å²) < 4.78 is 195. The molecule has 3 aromatic rings. The molecule has 0 unspecified atom stereocenters. The van der Waals surface area contributed by atoms with E-state index in [0.717, 1.165) is 30.4 Å². The molecule has 0 aromatic heterocycles. The Kier molecular flexibility index (Phi) is 29.5. The molecule has 0 heterocycles. The molecule has 0 amide bonds. The van der Waals surface area contributed by atoms with E-state index in [2.05, 4.69) is 19.8 Å². The Morgan fingerprint density at radius 3 is 1.73 bits per heavy atom. The molecular formula is C28H23CuK5N5O21S6+5. The van der Waals surface area contributed by atoms with Crippen LogP contribution >= 0.6 is 0 Å². The third kappa shape index (κ3) is 17.6. The largest absolute Gasteiger partial charge is 1.00 e. The Balaban J connectivity index is 0. The van der Waals surface area contributed by atoms with Crippen LogP contribution in [0.15, 0.2) is 77.2 Å². The van der Waals surface area contributed by atoms with Gasteiger partial charge in [-0.25, -0.2) is 12.6 Å². The van der Waals surface area contributed by atoms with E-state index in [9.17, 15) is 83.4 Å². The molecule has 2 aliphatic rings. The summed E-state index contributed by atoms with van der Waals surface area (Å²) in [6.45, 7) is -1.20. The summed E-state index contributed by atoms with van der Waals surface area (Å²) in [5, 5.41) is 17.9. The van der Waals surface area contributed by atoms with Crippen molar-refractivity contribution < 1.29 is 366 Å². The predicted molar refractivity (Wildman–Crippen MR) is 204 cm³/mol. The van der Waals surface area contributed by atoms with Gasteiger partial charge in [0.15, 0.2) is 21.3 Å². The number of phenolic OH excluding ortho intramolecular Hbond substituents is 1. The average Bonchev–Trinajstić information content (AvgIpc) is 3.08. The number of nitrogens with one attached hydrogen (secondary N) is 2. The van der Waals surface area contributed by atoms with Crippen LogP contribution in [0.1, 0.15) is 31.8 Å². The van der Waals surface area contributed by atoms with Crippen LogP contribution in [0.4, 0.5) is 17.1 Å². The molecule has 0 saturated heterocycles. The normalized spacial score (nSPS) is 14.9. The van der Waals surface area contributed by atoms with Crippen LogP contribution in [0.25, 0.3) is 12.2 Å². The first-order valence-corrected chi connectivity index (χ1v) is 24.0. The van der Waals surface area contributed by atoms with Crippen LogP contribution in [0.3, 0.4) is 0 Å². The van der Waals surface area contributed by atoms with Gasteiger partial charge in [0.2, 0.25) is 11.6 Å². The van der Waals surface area contributed by atoms with Gasteiger partial charge in [-0.1, -0.05) is 6.08 Å². The van der Waals surface area contributed by atoms with Crippen LogP contribution in [0, 0.1) is 0 Å². The zero-order chi connectivity index (χ0) is 45.1. The SMILES string of the molecule is Nc1c(S(=O)(=O)O)cc(S(=O)(=O)O)c2c1C(=O)/C(=N/Nc1ccc3c(c1)C=C(S(=O)(=O)O)C(=NNc1cc(S(=O)(=O)CCOS(=O)(=O)O)cc(S(=O)(=O)O)c1O)C3=O)C=C2.[Cu].[K+].[K+].[K+].[K+].[K+]. The number of nitrogen functional groups attached to an aromatic ring is 1. The number of carbonyl (C=O) groups is 2. The monoisotopic (exact) mass is 1210 g/mol. The van der Waals surface area contributed by atoms with E-state index in [1.807, 2.05) is 5.43 Å². The fourth-order valence-electron chi connectivity index (χ4n) is 5.32. The third-order valence-corrected chi connectivity index (χ3v) is 13.6. The molecule has 0 spiro atoms. The number of rotatable bonds is 13. The molecule has 0 atom stereocenters. The van der Waals surface area contributed by atoms with Gasteiger partial charge in [0.05, 0.1) is 34.2 Å². The van der Waals surface area contributed by atoms with Gasteiger partial charge in [0.25, 0.3) is 40.5 Å². The number of aromatic hydroxyl groups is 1. The zero-order valence-corrected chi connectivity index (χ0v) is 55.6. The van der Waals surface area contributed by atoms with Crippen molar-refractivity contribution in [2.24, 2.45) is 10.2 Å². The maximum absolute atomic E-state index is 13.5. The first-order chi connectivity index (χ1) is 27.3. The van der Waals surface area contributed by atoms with Crippen LogP contribution < -0.4 is 274 Å². The molecule has 3 aromatic carbocycles. The van der Waals surface area contributed by atoms with Crippen molar-refractivity contribution in [1.82, 2.24) is 0 Å². The van der Waals surface area contributed by atoms with E-state index >= 15 is 0 Å². The second-order valence-corrected chi connectivity index (χ2v) is 20.6. The number of ketones is 2. The minimum absolute atomic E-state index is 0. The van der Waals surface area contributed by atoms with Gasteiger partial charge in [0.1, 0.15) is 31.0 Å². The zero-order valence-electron chi connectivity index (χ0n) is 34.1. The number of Topliss-reactive ketones (excluding diaryl/α,β-unsaturated/α-hetero) is 2. The number of carbonyl (C=O) groups excluding carboxylic acids is 2. The van der Waals surface area contributed by atoms with E-state index in [4.69, 9.17) is 10.3 Å². The summed E-state index contributed by atoms with van der Waals surface area (Å²) >= 11 is 0. The van der Waals surface area contributed by atoms with E-state index in [0.29, 0.717) is 18.2 Å². The maximum Gasteiger partial charge on any atom is 1.00 e. The van der Waals surface area contributed by atoms with Crippen LogP contribution in [0.5, 0.6) is 5.75 Å². The molecular weight excluding hydrogens is 1190 g/mol. The number of hydrogen-bond donors (Lipinski definition) is 9. The van der Waals surface area contributed by atoms with E-state index in [-0.39, 0.29) is 297 Å². The molecule has 38 heteroatoms. The Morgan fingerprint density at radius 2 is 1.21 bits per heavy atom. The molecule has 0 saturated carbocycles. The summed E-state index contributed by atoms with van der Waals surface area (Å²) in [5.41, 5.74) is 4.30. The van der Waals surface area contributed by atoms with E-state index in [1.165, 1.54) is 0 Å². The molecule has 1 radical (unpaired) electrons. The molecule has 26 nitrogen and oxygen atoms in total. The molecule has 5 rings (SSSR count). The second-order valence-electron chi connectivity index (χ2n) is 11.8. The Bertz CT molecular complexity index is 3300. The van der Waals surface area contributed by atoms with Gasteiger partial charge >= 0.3 is 267 Å². The summed E-state index contributed by atoms with van der Waals surface area (Å²) in [4.78, 5) is 20.8. The molecule has 10 N–H and O–H groups in total. The predicted octanol–water partition coefficient (Wildman–Crippen LogP) is -15.1. The average molecular weight is 1220 g/mol. The van der Waals surface area contributed by atoms with Gasteiger partial charge in [-0.05, 0) is 54.1 Å². The number of hydrogen-bond acceptors (Lipinski definition) is 21. The molecule has 0 fully saturated rings.